The van der Waals surface area contributed by atoms with Gasteiger partial charge in [0.25, 0.3) is 0 Å². The summed E-state index contributed by atoms with van der Waals surface area (Å²) in [4.78, 5) is 0. The van der Waals surface area contributed by atoms with Crippen molar-refractivity contribution < 1.29 is 23.0 Å². The first-order chi connectivity index (χ1) is 13.7. The number of anilines is 1. The highest BCUT2D eigenvalue weighted by Gasteiger charge is 2.57. The van der Waals surface area contributed by atoms with Crippen molar-refractivity contribution in [2.75, 3.05) is 18.5 Å². The highest BCUT2D eigenvalue weighted by atomic mass is 19.4. The van der Waals surface area contributed by atoms with E-state index in [1.807, 2.05) is 0 Å². The van der Waals surface area contributed by atoms with Crippen molar-refractivity contribution in [3.63, 3.8) is 0 Å². The zero-order chi connectivity index (χ0) is 20.7. The molecule has 0 spiro atoms. The fourth-order valence-corrected chi connectivity index (χ4v) is 4.07. The van der Waals surface area contributed by atoms with Crippen molar-refractivity contribution in [1.82, 2.24) is 10.2 Å². The molecule has 3 aromatic rings. The topological polar surface area (TPSA) is 70.2 Å². The summed E-state index contributed by atoms with van der Waals surface area (Å²) in [5.74, 6) is 0.571. The number of hydrogen-bond acceptors (Lipinski definition) is 4. The fraction of sp³-hybridized carbons (Fsp3) is 0.381. The molecule has 29 heavy (non-hydrogen) atoms. The second-order valence-corrected chi connectivity index (χ2v) is 7.85. The number of aliphatic hydroxyl groups is 1. The zero-order valence-electron chi connectivity index (χ0n) is 15.9. The number of aromatic amines is 1. The first-order valence-electron chi connectivity index (χ1n) is 9.39. The monoisotopic (exact) mass is 405 g/mol. The molecular weight excluding hydrogens is 383 g/mol. The van der Waals surface area contributed by atoms with Gasteiger partial charge in [0.1, 0.15) is 5.75 Å². The summed E-state index contributed by atoms with van der Waals surface area (Å²) in [5.41, 5.74) is -1.92. The Morgan fingerprint density at radius 2 is 2.00 bits per heavy atom. The molecule has 5 nitrogen and oxygen atoms in total. The van der Waals surface area contributed by atoms with E-state index in [1.54, 1.807) is 55.6 Å². The third-order valence-electron chi connectivity index (χ3n) is 5.72. The molecule has 2 aromatic carbocycles. The van der Waals surface area contributed by atoms with Crippen LogP contribution in [0.4, 0.5) is 18.9 Å². The molecule has 154 valence electrons. The van der Waals surface area contributed by atoms with E-state index < -0.39 is 30.2 Å². The molecule has 8 heteroatoms. The van der Waals surface area contributed by atoms with E-state index in [1.165, 1.54) is 0 Å². The minimum atomic E-state index is -4.81. The smallest absolute Gasteiger partial charge is 0.418 e. The first-order valence-corrected chi connectivity index (χ1v) is 9.39. The van der Waals surface area contributed by atoms with Crippen LogP contribution < -0.4 is 10.1 Å². The second kappa shape index (κ2) is 6.95. The number of fused-ring (bicyclic) bond motifs is 2. The van der Waals surface area contributed by atoms with Crippen LogP contribution in [0.25, 0.3) is 10.9 Å². The van der Waals surface area contributed by atoms with Crippen LogP contribution in [0.2, 0.25) is 0 Å². The van der Waals surface area contributed by atoms with E-state index >= 15 is 0 Å². The van der Waals surface area contributed by atoms with Gasteiger partial charge < -0.3 is 15.2 Å². The maximum absolute atomic E-state index is 14.0. The van der Waals surface area contributed by atoms with Crippen LogP contribution in [0.15, 0.2) is 48.7 Å². The summed E-state index contributed by atoms with van der Waals surface area (Å²) in [7, 11) is 0. The fourth-order valence-electron chi connectivity index (χ4n) is 4.07. The minimum Gasteiger partial charge on any atom is -0.493 e. The molecule has 0 aliphatic carbocycles. The molecule has 0 radical (unpaired) electrons. The molecule has 4 rings (SSSR count). The Balaban J connectivity index is 1.63. The van der Waals surface area contributed by atoms with E-state index in [0.29, 0.717) is 40.9 Å². The number of nitrogens with zero attached hydrogens (tertiary/aromatic N) is 1. The van der Waals surface area contributed by atoms with Crippen molar-refractivity contribution in [2.24, 2.45) is 0 Å². The Morgan fingerprint density at radius 1 is 1.21 bits per heavy atom. The van der Waals surface area contributed by atoms with Crippen molar-refractivity contribution in [3.05, 3.63) is 54.2 Å². The van der Waals surface area contributed by atoms with Crippen molar-refractivity contribution in [1.29, 1.82) is 0 Å². The Kier molecular flexibility index (Phi) is 4.69. The normalized spacial score (nSPS) is 21.3. The summed E-state index contributed by atoms with van der Waals surface area (Å²) in [5, 5.41) is 21.0. The maximum Gasteiger partial charge on any atom is 0.418 e. The summed E-state index contributed by atoms with van der Waals surface area (Å²) in [6, 6.07) is 12.2. The standard InChI is InChI=1S/C21H22F3N3O2/c1-19(9-10-29-18-8-3-2-5-15(18)19)12-20(28,21(22,23)24)13-25-16-6-4-7-17-14(16)11-26-27-17/h2-8,11,25,28H,9-10,12-13H2,1H3,(H,26,27). The lowest BCUT2D eigenvalue weighted by Crippen LogP contribution is -2.54. The lowest BCUT2D eigenvalue weighted by molar-refractivity contribution is -0.261. The molecule has 1 aliphatic heterocycles. The van der Waals surface area contributed by atoms with Crippen LogP contribution in [-0.2, 0) is 5.41 Å². The Labute approximate surface area is 165 Å². The lowest BCUT2D eigenvalue weighted by atomic mass is 9.70. The van der Waals surface area contributed by atoms with Gasteiger partial charge in [-0.2, -0.15) is 18.3 Å². The van der Waals surface area contributed by atoms with E-state index in [-0.39, 0.29) is 0 Å². The predicted molar refractivity (Wildman–Crippen MR) is 104 cm³/mol. The van der Waals surface area contributed by atoms with Gasteiger partial charge in [0.15, 0.2) is 5.60 Å². The van der Waals surface area contributed by atoms with Crippen molar-refractivity contribution in [3.8, 4) is 5.75 Å². The summed E-state index contributed by atoms with van der Waals surface area (Å²) in [6.07, 6.45) is -3.35. The van der Waals surface area contributed by atoms with Crippen LogP contribution in [0.1, 0.15) is 25.3 Å². The number of rotatable bonds is 5. The third kappa shape index (κ3) is 3.53. The average Bonchev–Trinajstić information content (AvgIpc) is 3.15. The number of alkyl halides is 3. The van der Waals surface area contributed by atoms with Gasteiger partial charge in [0, 0.05) is 22.1 Å². The molecule has 1 aliphatic rings. The number of nitrogens with one attached hydrogen (secondary N) is 2. The molecular formula is C21H22F3N3O2. The molecule has 2 atom stereocenters. The largest absolute Gasteiger partial charge is 0.493 e. The predicted octanol–water partition coefficient (Wildman–Crippen LogP) is 4.40. The van der Waals surface area contributed by atoms with Crippen LogP contribution in [0.3, 0.4) is 0 Å². The average molecular weight is 405 g/mol. The van der Waals surface area contributed by atoms with Crippen LogP contribution in [-0.4, -0.2) is 40.2 Å². The highest BCUT2D eigenvalue weighted by Crippen LogP contribution is 2.47. The second-order valence-electron chi connectivity index (χ2n) is 7.85. The molecule has 2 heterocycles. The molecule has 0 bridgehead atoms. The number of benzene rings is 2. The van der Waals surface area contributed by atoms with E-state index in [9.17, 15) is 18.3 Å². The summed E-state index contributed by atoms with van der Waals surface area (Å²) >= 11 is 0. The van der Waals surface area contributed by atoms with Crippen molar-refractivity contribution >= 4 is 16.6 Å². The number of para-hydroxylation sites is 1. The zero-order valence-corrected chi connectivity index (χ0v) is 15.9. The number of H-pyrrole nitrogens is 1. The number of halogens is 3. The Bertz CT molecular complexity index is 1020. The van der Waals surface area contributed by atoms with Gasteiger partial charge in [0.2, 0.25) is 0 Å². The molecule has 1 aromatic heterocycles. The van der Waals surface area contributed by atoms with Gasteiger partial charge in [-0.3, -0.25) is 5.10 Å². The van der Waals surface area contributed by atoms with Gasteiger partial charge in [-0.25, -0.2) is 0 Å². The van der Waals surface area contributed by atoms with Gasteiger partial charge >= 0.3 is 6.18 Å². The lowest BCUT2D eigenvalue weighted by Gasteiger charge is -2.42. The van der Waals surface area contributed by atoms with Crippen LogP contribution >= 0.6 is 0 Å². The van der Waals surface area contributed by atoms with E-state index in [0.717, 1.165) is 0 Å². The van der Waals surface area contributed by atoms with Gasteiger partial charge in [-0.15, -0.1) is 0 Å². The Hall–Kier alpha value is -2.74. The van der Waals surface area contributed by atoms with Crippen molar-refractivity contribution in [2.45, 2.75) is 37.0 Å². The minimum absolute atomic E-state index is 0.309. The molecule has 0 amide bonds. The first kappa shape index (κ1) is 19.6. The summed E-state index contributed by atoms with van der Waals surface area (Å²) in [6.45, 7) is 1.39. The SMILES string of the molecule is CC1(CC(O)(CNc2cccc3[nH]ncc23)C(F)(F)F)CCOc2ccccc21. The Morgan fingerprint density at radius 3 is 2.79 bits per heavy atom. The van der Waals surface area contributed by atoms with E-state index in [2.05, 4.69) is 15.5 Å². The summed E-state index contributed by atoms with van der Waals surface area (Å²) < 4.78 is 47.7. The van der Waals surface area contributed by atoms with E-state index in [4.69, 9.17) is 4.74 Å². The molecule has 0 saturated carbocycles. The highest BCUT2D eigenvalue weighted by molar-refractivity contribution is 5.90. The molecule has 2 unspecified atom stereocenters. The third-order valence-corrected chi connectivity index (χ3v) is 5.72. The molecule has 0 saturated heterocycles. The number of hydrogen-bond donors (Lipinski definition) is 3. The number of ether oxygens (including phenoxy) is 1. The van der Waals surface area contributed by atoms with Crippen LogP contribution in [0, 0.1) is 0 Å². The van der Waals surface area contributed by atoms with Crippen LogP contribution in [0.5, 0.6) is 5.75 Å². The van der Waals surface area contributed by atoms with Gasteiger partial charge in [0.05, 0.1) is 24.9 Å². The molecule has 0 fully saturated rings. The maximum atomic E-state index is 14.0. The quantitative estimate of drug-likeness (QED) is 0.589. The number of aromatic nitrogens is 2. The van der Waals surface area contributed by atoms with Gasteiger partial charge in [-0.1, -0.05) is 31.2 Å². The molecule has 3 N–H and O–H groups in total. The van der Waals surface area contributed by atoms with Gasteiger partial charge in [-0.05, 0) is 31.0 Å².